The van der Waals surface area contributed by atoms with Gasteiger partial charge in [-0.3, -0.25) is 91.3 Å². The van der Waals surface area contributed by atoms with Crippen molar-refractivity contribution >= 4 is 118 Å². The van der Waals surface area contributed by atoms with Crippen molar-refractivity contribution in [3.05, 3.63) is 95.6 Å². The van der Waals surface area contributed by atoms with E-state index in [9.17, 15) is 122 Å². The molecule has 0 aliphatic heterocycles. The number of aliphatic carboxylic acids is 2. The Labute approximate surface area is 756 Å². The highest BCUT2D eigenvalue weighted by Crippen LogP contribution is 2.18. The fourth-order valence-corrected chi connectivity index (χ4v) is 12.8. The second-order valence-electron chi connectivity index (χ2n) is 32.3. The molecule has 3 rings (SSSR count). The predicted octanol–water partition coefficient (Wildman–Crippen LogP) is -7.60. The van der Waals surface area contributed by atoms with Crippen LogP contribution < -0.4 is 114 Å². The number of rotatable bonds is 59. The summed E-state index contributed by atoms with van der Waals surface area (Å²) in [5.74, 6) is -23.6. The second-order valence-corrected chi connectivity index (χ2v) is 32.3. The van der Waals surface area contributed by atoms with Crippen molar-refractivity contribution < 1.29 is 122 Å². The highest BCUT2D eigenvalue weighted by molar-refractivity contribution is 6.02. The number of nitrogens with zero attached hydrogens (tertiary/aromatic N) is 1. The Morgan fingerprint density at radius 3 is 1.33 bits per heavy atom. The summed E-state index contributed by atoms with van der Waals surface area (Å²) < 4.78 is 0. The van der Waals surface area contributed by atoms with Crippen LogP contribution >= 0.6 is 0 Å². The molecule has 3 aromatic rings. The molecule has 0 bridgehead atoms. The van der Waals surface area contributed by atoms with Crippen LogP contribution in [0.2, 0.25) is 0 Å². The first-order valence-electron chi connectivity index (χ1n) is 42.5. The van der Waals surface area contributed by atoms with Crippen LogP contribution in [-0.4, -0.2) is 272 Å². The third kappa shape index (κ3) is 41.1. The van der Waals surface area contributed by atoms with Gasteiger partial charge in [-0.2, -0.15) is 0 Å². The minimum absolute atomic E-state index is 0.00333. The van der Waals surface area contributed by atoms with Crippen molar-refractivity contribution in [2.75, 3.05) is 26.2 Å². The van der Waals surface area contributed by atoms with E-state index in [1.807, 2.05) is 0 Å². The summed E-state index contributed by atoms with van der Waals surface area (Å²) in [4.78, 5) is 263. The van der Waals surface area contributed by atoms with E-state index >= 15 is 0 Å². The molecule has 724 valence electrons. The van der Waals surface area contributed by atoms with Crippen molar-refractivity contribution in [2.24, 2.45) is 57.1 Å². The maximum absolute atomic E-state index is 14.9. The van der Waals surface area contributed by atoms with Gasteiger partial charge in [0.1, 0.15) is 96.1 Å². The lowest BCUT2D eigenvalue weighted by molar-refractivity contribution is -0.142. The van der Waals surface area contributed by atoms with Gasteiger partial charge in [-0.05, 0) is 137 Å². The number of carbonyl (C=O) groups excluding carboxylic acids is 17. The Hall–Kier alpha value is -13.7. The average Bonchev–Trinajstić information content (AvgIpc) is 0.847. The summed E-state index contributed by atoms with van der Waals surface area (Å²) in [5, 5.41) is 97.1. The first-order chi connectivity index (χ1) is 61.6. The fourth-order valence-electron chi connectivity index (χ4n) is 12.8. The highest BCUT2D eigenvalue weighted by Gasteiger charge is 2.40. The quantitative estimate of drug-likeness (QED) is 0.0142. The van der Waals surface area contributed by atoms with Gasteiger partial charge in [0.25, 0.3) is 0 Å². The second kappa shape index (κ2) is 56.6. The van der Waals surface area contributed by atoms with E-state index < -0.39 is 253 Å². The molecule has 0 fully saturated rings. The van der Waals surface area contributed by atoms with Crippen LogP contribution in [0.1, 0.15) is 150 Å². The third-order valence-corrected chi connectivity index (χ3v) is 20.4. The lowest BCUT2D eigenvalue weighted by Gasteiger charge is -2.30. The van der Waals surface area contributed by atoms with Crippen LogP contribution in [0.4, 0.5) is 0 Å². The molecular weight excluding hydrogens is 1720 g/mol. The van der Waals surface area contributed by atoms with Crippen molar-refractivity contribution in [1.29, 1.82) is 0 Å². The number of aliphatic hydroxyl groups excluding tert-OH is 2. The van der Waals surface area contributed by atoms with Gasteiger partial charge in [0.15, 0.2) is 5.96 Å². The minimum Gasteiger partial charge on any atom is -0.508 e. The van der Waals surface area contributed by atoms with Crippen molar-refractivity contribution in [3.8, 4) is 11.5 Å². The Morgan fingerprint density at radius 1 is 0.405 bits per heavy atom. The summed E-state index contributed by atoms with van der Waals surface area (Å²) in [6, 6.07) is -5.69. The van der Waals surface area contributed by atoms with Gasteiger partial charge in [0, 0.05) is 25.8 Å². The molecule has 0 spiro atoms. The van der Waals surface area contributed by atoms with Crippen molar-refractivity contribution in [1.82, 2.24) is 79.8 Å². The molecule has 0 unspecified atom stereocenters. The number of phenols is 2. The number of phenolic OH excluding ortho intramolecular Hbond substituents is 2. The average molecular weight is 1850 g/mol. The molecule has 0 saturated carbocycles. The zero-order chi connectivity index (χ0) is 98.6. The number of primary amides is 2. The molecule has 17 amide bonds. The molecular formula is C84H128N22O25. The molecule has 33 N–H and O–H groups in total. The SMILES string of the molecule is CC[C@H](C)[C@H](NC(=O)[C@H](C)NC(=O)[C@H](CC(=O)O)NC(=O)[C@H](C)NC(=O)[C@@H](N)Cc1ccc(O)cc1)C(=O)N[C@@H](Cc1ccccc1)C(=O)N[C@H](C(=O)N[C@@H](CC(N)=O)C(=O)N[C@@H](CO)C(=O)N[C@@H](Cc1ccc(O)cc1)C(=O)N[C@@H](CCCN=C(N)N)C(=O)N[C@@H](CCCCN)C(=O)N[C@H](C(=O)N[C@@H](CC(C)C)C(=O)NCC(=O)N[C@@H](CCC(N)=O)C(=O)O)C(C)C)[C@@H](C)O. The van der Waals surface area contributed by atoms with Crippen LogP contribution in [0.15, 0.2) is 83.9 Å². The van der Waals surface area contributed by atoms with E-state index in [1.54, 1.807) is 71.9 Å². The number of carboxylic acids is 2. The number of unbranched alkanes of at least 4 members (excludes halogenated alkanes) is 1. The zero-order valence-electron chi connectivity index (χ0n) is 74.6. The summed E-state index contributed by atoms with van der Waals surface area (Å²) in [7, 11) is 0. The number of aliphatic hydroxyl groups is 2. The fraction of sp³-hybridized carbons (Fsp3) is 0.548. The number of carbonyl (C=O) groups is 19. The van der Waals surface area contributed by atoms with Crippen LogP contribution in [0.5, 0.6) is 11.5 Å². The van der Waals surface area contributed by atoms with E-state index in [1.165, 1.54) is 62.4 Å². The van der Waals surface area contributed by atoms with E-state index in [0.29, 0.717) is 17.5 Å². The molecule has 3 aromatic carbocycles. The van der Waals surface area contributed by atoms with Gasteiger partial charge in [0.05, 0.1) is 38.1 Å². The predicted molar refractivity (Wildman–Crippen MR) is 471 cm³/mol. The molecule has 0 heterocycles. The molecule has 0 aliphatic rings. The smallest absolute Gasteiger partial charge is 0.326 e. The summed E-state index contributed by atoms with van der Waals surface area (Å²) in [5.41, 5.74) is 35.0. The van der Waals surface area contributed by atoms with Crippen LogP contribution in [0.25, 0.3) is 0 Å². The summed E-state index contributed by atoms with van der Waals surface area (Å²) in [6.45, 7) is 11.2. The van der Waals surface area contributed by atoms with Gasteiger partial charge in [-0.15, -0.1) is 0 Å². The molecule has 47 heteroatoms. The third-order valence-electron chi connectivity index (χ3n) is 20.4. The van der Waals surface area contributed by atoms with Gasteiger partial charge >= 0.3 is 11.9 Å². The van der Waals surface area contributed by atoms with Gasteiger partial charge in [-0.25, -0.2) is 4.79 Å². The first-order valence-corrected chi connectivity index (χ1v) is 42.5. The maximum atomic E-state index is 14.9. The summed E-state index contributed by atoms with van der Waals surface area (Å²) >= 11 is 0. The van der Waals surface area contributed by atoms with Gasteiger partial charge in [-0.1, -0.05) is 103 Å². The number of guanidine groups is 1. The number of nitrogens with two attached hydrogens (primary N) is 6. The number of benzene rings is 3. The lowest BCUT2D eigenvalue weighted by Crippen LogP contribution is -2.63. The molecule has 0 aromatic heterocycles. The van der Waals surface area contributed by atoms with E-state index in [-0.39, 0.29) is 106 Å². The maximum Gasteiger partial charge on any atom is 0.326 e. The number of nitrogens with one attached hydrogen (secondary N) is 15. The number of carboxylic acid groups (broad SMARTS) is 2. The number of amides is 17. The molecule has 47 nitrogen and oxygen atoms in total. The molecule has 0 radical (unpaired) electrons. The van der Waals surface area contributed by atoms with Crippen LogP contribution in [0.3, 0.4) is 0 Å². The topological polar surface area (TPSA) is 795 Å². The first kappa shape index (κ1) is 111. The standard InChI is InChI=1S/C84H128N22O25/c1-10-43(6)67(105-70(117)45(8)94-75(122)60(38-65(114)115)98-69(116)44(7)93-71(118)52(86)34-48-21-25-50(109)26-22-48)81(128)101-58(35-47-17-12-11-13-18-47)78(125)106-68(46(9)108)82(129)102-59(37-63(88)112)77(124)103-61(40-107)79(126)99-57(36-49-23-27-51(110)28-24-49)76(123)97-54(20-16-32-91-84(89)90)73(120)96-53(19-14-15-31-85)74(121)104-66(42(4)5)80(127)100-56(33-41(2)3)72(119)92-39-64(113)95-55(83(130)131)29-30-62(87)111/h11-13,17-18,21-28,41-46,52-61,66-68,107-110H,10,14-16,19-20,29-40,85-86H2,1-9H3,(H2,87,111)(H2,88,112)(H,92,119)(H,93,118)(H,94,122)(H,95,113)(H,96,120)(H,97,123)(H,98,116)(H,99,126)(H,100,127)(H,101,128)(H,102,129)(H,103,124)(H,104,121)(H,105,117)(H,106,125)(H,114,115)(H,130,131)(H4,89,90,91)/t43-,44-,45-,46+,52-,53-,54-,55-,56-,57-,58-,59-,60-,61-,66-,67-,68-/m0/s1. The van der Waals surface area contributed by atoms with E-state index in [0.717, 1.165) is 6.92 Å². The molecule has 131 heavy (non-hydrogen) atoms. The molecule has 0 aliphatic carbocycles. The zero-order valence-corrected chi connectivity index (χ0v) is 74.6. The summed E-state index contributed by atoms with van der Waals surface area (Å²) in [6.07, 6.45) is -5.23. The number of hydrogen-bond donors (Lipinski definition) is 27. The van der Waals surface area contributed by atoms with Crippen molar-refractivity contribution in [3.63, 3.8) is 0 Å². The van der Waals surface area contributed by atoms with Gasteiger partial charge in [0.2, 0.25) is 100 Å². The lowest BCUT2D eigenvalue weighted by atomic mass is 9.96. The van der Waals surface area contributed by atoms with Crippen LogP contribution in [-0.2, 0) is 110 Å². The largest absolute Gasteiger partial charge is 0.508 e. The number of aromatic hydroxyl groups is 2. The normalized spacial score (nSPS) is 15.0. The van der Waals surface area contributed by atoms with Gasteiger partial charge < -0.3 is 145 Å². The Bertz CT molecular complexity index is 4430. The monoisotopic (exact) mass is 1840 g/mol. The van der Waals surface area contributed by atoms with Crippen LogP contribution in [0, 0.1) is 17.8 Å². The number of hydrogen-bond acceptors (Lipinski definition) is 26. The molecule has 0 saturated heterocycles. The number of aliphatic imine (C=N–C) groups is 1. The van der Waals surface area contributed by atoms with E-state index in [2.05, 4.69) is 84.7 Å². The van der Waals surface area contributed by atoms with Crippen molar-refractivity contribution in [2.45, 2.75) is 249 Å². The highest BCUT2D eigenvalue weighted by atomic mass is 16.4. The minimum atomic E-state index is -2.10. The molecule has 17 atom stereocenters. The Balaban J connectivity index is 1.94. The van der Waals surface area contributed by atoms with E-state index in [4.69, 9.17) is 34.4 Å². The Kier molecular flexibility index (Phi) is 48.2. The Morgan fingerprint density at radius 2 is 0.824 bits per heavy atom.